The standard InChI is InChI=1S/C24H28N2O3S/c1-16-14-17(2)23-22(15-16)20-4-3-5-21(20)24(25-23)18-6-8-19(9-7-18)30(27,28)26-10-12-29-13-11-26/h3-4,6-9,14-15,20-21,24-25H,5,10-13H2,1-2H3/t20-,21-,24+/m1/s1. The second-order valence-corrected chi connectivity index (χ2v) is 10.5. The molecule has 0 radical (unpaired) electrons. The molecule has 5 rings (SSSR count). The predicted molar refractivity (Wildman–Crippen MR) is 118 cm³/mol. The highest BCUT2D eigenvalue weighted by Gasteiger charge is 2.38. The lowest BCUT2D eigenvalue weighted by atomic mass is 9.76. The maximum absolute atomic E-state index is 12.9. The lowest BCUT2D eigenvalue weighted by molar-refractivity contribution is 0.0730. The maximum Gasteiger partial charge on any atom is 0.243 e. The van der Waals surface area contributed by atoms with Gasteiger partial charge >= 0.3 is 0 Å². The van der Waals surface area contributed by atoms with Crippen LogP contribution >= 0.6 is 0 Å². The molecule has 0 spiro atoms. The van der Waals surface area contributed by atoms with Gasteiger partial charge in [-0.1, -0.05) is 42.0 Å². The van der Waals surface area contributed by atoms with Gasteiger partial charge in [-0.3, -0.25) is 0 Å². The molecule has 2 heterocycles. The number of hydrogen-bond donors (Lipinski definition) is 1. The number of sulfonamides is 1. The summed E-state index contributed by atoms with van der Waals surface area (Å²) in [6.45, 7) is 6.06. The van der Waals surface area contributed by atoms with Crippen LogP contribution < -0.4 is 5.32 Å². The average molecular weight is 425 g/mol. The smallest absolute Gasteiger partial charge is 0.243 e. The second-order valence-electron chi connectivity index (χ2n) is 8.61. The van der Waals surface area contributed by atoms with Crippen molar-refractivity contribution in [3.63, 3.8) is 0 Å². The quantitative estimate of drug-likeness (QED) is 0.752. The predicted octanol–water partition coefficient (Wildman–Crippen LogP) is 4.15. The van der Waals surface area contributed by atoms with Crippen LogP contribution in [0.5, 0.6) is 0 Å². The van der Waals surface area contributed by atoms with E-state index in [1.54, 1.807) is 12.1 Å². The molecule has 6 heteroatoms. The number of benzene rings is 2. The number of rotatable bonds is 3. The largest absolute Gasteiger partial charge is 0.379 e. The lowest BCUT2D eigenvalue weighted by Gasteiger charge is -2.38. The number of morpholine rings is 1. The van der Waals surface area contributed by atoms with E-state index in [4.69, 9.17) is 4.74 Å². The van der Waals surface area contributed by atoms with E-state index in [0.717, 1.165) is 12.0 Å². The molecule has 2 aliphatic heterocycles. The topological polar surface area (TPSA) is 58.6 Å². The Balaban J connectivity index is 1.46. The van der Waals surface area contributed by atoms with Crippen molar-refractivity contribution in [1.29, 1.82) is 0 Å². The van der Waals surface area contributed by atoms with Crippen molar-refractivity contribution in [2.75, 3.05) is 31.6 Å². The Morgan fingerprint density at radius 3 is 2.53 bits per heavy atom. The number of aryl methyl sites for hydroxylation is 2. The van der Waals surface area contributed by atoms with Crippen LogP contribution in [0.15, 0.2) is 53.4 Å². The molecule has 2 aromatic rings. The van der Waals surface area contributed by atoms with Gasteiger partial charge < -0.3 is 10.1 Å². The molecule has 30 heavy (non-hydrogen) atoms. The second kappa shape index (κ2) is 7.52. The molecule has 158 valence electrons. The van der Waals surface area contributed by atoms with Crippen molar-refractivity contribution in [2.45, 2.75) is 37.1 Å². The fourth-order valence-corrected chi connectivity index (χ4v) is 6.59. The number of nitrogens with zero attached hydrogens (tertiary/aromatic N) is 1. The number of fused-ring (bicyclic) bond motifs is 3. The molecule has 0 saturated carbocycles. The van der Waals surface area contributed by atoms with Gasteiger partial charge in [-0.25, -0.2) is 8.42 Å². The fraction of sp³-hybridized carbons (Fsp3) is 0.417. The molecular formula is C24H28N2O3S. The van der Waals surface area contributed by atoms with Crippen molar-refractivity contribution in [2.24, 2.45) is 5.92 Å². The molecule has 3 atom stereocenters. The monoisotopic (exact) mass is 424 g/mol. The number of allylic oxidation sites excluding steroid dienone is 2. The van der Waals surface area contributed by atoms with E-state index < -0.39 is 10.0 Å². The van der Waals surface area contributed by atoms with Gasteiger partial charge in [-0.05, 0) is 55.0 Å². The van der Waals surface area contributed by atoms with Gasteiger partial charge in [0.15, 0.2) is 0 Å². The van der Waals surface area contributed by atoms with Crippen LogP contribution in [0.25, 0.3) is 0 Å². The molecule has 1 saturated heterocycles. The maximum atomic E-state index is 12.9. The van der Waals surface area contributed by atoms with E-state index in [1.807, 2.05) is 12.1 Å². The minimum absolute atomic E-state index is 0.166. The van der Waals surface area contributed by atoms with Crippen LogP contribution in [-0.2, 0) is 14.8 Å². The van der Waals surface area contributed by atoms with Crippen molar-refractivity contribution in [3.05, 3.63) is 70.8 Å². The highest BCUT2D eigenvalue weighted by Crippen LogP contribution is 2.50. The van der Waals surface area contributed by atoms with Gasteiger partial charge in [-0.15, -0.1) is 0 Å². The van der Waals surface area contributed by atoms with E-state index in [9.17, 15) is 8.42 Å². The fourth-order valence-electron chi connectivity index (χ4n) is 5.19. The molecule has 2 aromatic carbocycles. The molecule has 0 aromatic heterocycles. The summed E-state index contributed by atoms with van der Waals surface area (Å²) in [6.07, 6.45) is 5.66. The molecule has 1 aliphatic carbocycles. The lowest BCUT2D eigenvalue weighted by Crippen LogP contribution is -2.40. The summed E-state index contributed by atoms with van der Waals surface area (Å²) in [5.41, 5.74) is 6.31. The van der Waals surface area contributed by atoms with Crippen LogP contribution in [0, 0.1) is 19.8 Å². The molecule has 5 nitrogen and oxygen atoms in total. The molecule has 1 fully saturated rings. The van der Waals surface area contributed by atoms with E-state index in [-0.39, 0.29) is 6.04 Å². The summed E-state index contributed by atoms with van der Waals surface area (Å²) in [5.74, 6) is 0.849. The first-order chi connectivity index (χ1) is 14.4. The van der Waals surface area contributed by atoms with E-state index >= 15 is 0 Å². The normalized spacial score (nSPS) is 26.1. The van der Waals surface area contributed by atoms with Crippen molar-refractivity contribution in [3.8, 4) is 0 Å². The Bertz CT molecular complexity index is 1090. The Morgan fingerprint density at radius 1 is 1.07 bits per heavy atom. The number of hydrogen-bond acceptors (Lipinski definition) is 4. The number of nitrogens with one attached hydrogen (secondary N) is 1. The zero-order valence-electron chi connectivity index (χ0n) is 17.5. The van der Waals surface area contributed by atoms with Crippen LogP contribution in [0.1, 0.15) is 40.6 Å². The number of ether oxygens (including phenoxy) is 1. The van der Waals surface area contributed by atoms with Gasteiger partial charge in [-0.2, -0.15) is 4.31 Å². The first-order valence-electron chi connectivity index (χ1n) is 10.7. The minimum Gasteiger partial charge on any atom is -0.379 e. The van der Waals surface area contributed by atoms with E-state index in [1.165, 1.54) is 26.7 Å². The van der Waals surface area contributed by atoms with Crippen molar-refractivity contribution < 1.29 is 13.2 Å². The van der Waals surface area contributed by atoms with Gasteiger partial charge in [0.1, 0.15) is 0 Å². The van der Waals surface area contributed by atoms with Gasteiger partial charge in [0.05, 0.1) is 24.2 Å². The highest BCUT2D eigenvalue weighted by atomic mass is 32.2. The van der Waals surface area contributed by atoms with Gasteiger partial charge in [0, 0.05) is 24.7 Å². The third kappa shape index (κ3) is 3.27. The van der Waals surface area contributed by atoms with E-state index in [0.29, 0.717) is 43.0 Å². The summed E-state index contributed by atoms with van der Waals surface area (Å²) < 4.78 is 32.7. The third-order valence-electron chi connectivity index (χ3n) is 6.66. The SMILES string of the molecule is Cc1cc(C)c2c(c1)[C@@H]1C=CC[C@H]1[C@H](c1ccc(S(=O)(=O)N3CCOCC3)cc1)N2. The molecule has 1 N–H and O–H groups in total. The summed E-state index contributed by atoms with van der Waals surface area (Å²) in [7, 11) is -3.47. The van der Waals surface area contributed by atoms with E-state index in [2.05, 4.69) is 43.4 Å². The molecule has 3 aliphatic rings. The summed E-state index contributed by atoms with van der Waals surface area (Å²) in [6, 6.07) is 12.2. The zero-order valence-corrected chi connectivity index (χ0v) is 18.3. The molecule has 0 amide bonds. The molecule has 0 unspecified atom stereocenters. The van der Waals surface area contributed by atoms with Crippen LogP contribution in [0.4, 0.5) is 5.69 Å². The molecule has 0 bridgehead atoms. The Morgan fingerprint density at radius 2 is 1.80 bits per heavy atom. The summed E-state index contributed by atoms with van der Waals surface area (Å²) >= 11 is 0. The molecular weight excluding hydrogens is 396 g/mol. The van der Waals surface area contributed by atoms with Crippen LogP contribution in [0.2, 0.25) is 0 Å². The van der Waals surface area contributed by atoms with Crippen molar-refractivity contribution >= 4 is 15.7 Å². The Hall–Kier alpha value is -2.15. The first kappa shape index (κ1) is 19.8. The van der Waals surface area contributed by atoms with Gasteiger partial charge in [0.2, 0.25) is 10.0 Å². The summed E-state index contributed by atoms with van der Waals surface area (Å²) in [4.78, 5) is 0.359. The van der Waals surface area contributed by atoms with Crippen molar-refractivity contribution in [1.82, 2.24) is 4.31 Å². The third-order valence-corrected chi connectivity index (χ3v) is 8.57. The Kier molecular flexibility index (Phi) is 4.96. The Labute approximate surface area is 178 Å². The summed E-state index contributed by atoms with van der Waals surface area (Å²) in [5, 5.41) is 3.79. The average Bonchev–Trinajstić information content (AvgIpc) is 3.24. The zero-order chi connectivity index (χ0) is 20.9. The first-order valence-corrected chi connectivity index (χ1v) is 12.1. The minimum atomic E-state index is -3.47. The highest BCUT2D eigenvalue weighted by molar-refractivity contribution is 7.89. The van der Waals surface area contributed by atoms with Gasteiger partial charge in [0.25, 0.3) is 0 Å². The van der Waals surface area contributed by atoms with Crippen LogP contribution in [-0.4, -0.2) is 39.0 Å². The number of anilines is 1. The van der Waals surface area contributed by atoms with Crippen LogP contribution in [0.3, 0.4) is 0 Å².